The Kier molecular flexibility index (Phi) is 6.05. The van der Waals surface area contributed by atoms with Crippen LogP contribution >= 0.6 is 12.4 Å². The Labute approximate surface area is 106 Å². The second-order valence-electron chi connectivity index (χ2n) is 4.20. The average Bonchev–Trinajstić information content (AvgIpc) is 2.16. The van der Waals surface area contributed by atoms with Crippen LogP contribution in [0.3, 0.4) is 0 Å². The van der Waals surface area contributed by atoms with Gasteiger partial charge in [-0.1, -0.05) is 19.9 Å². The van der Waals surface area contributed by atoms with E-state index in [0.29, 0.717) is 17.9 Å². The summed E-state index contributed by atoms with van der Waals surface area (Å²) in [6.07, 6.45) is 0.711. The first kappa shape index (κ1) is 15.8. The van der Waals surface area contributed by atoms with Crippen molar-refractivity contribution in [3.05, 3.63) is 39.7 Å². The van der Waals surface area contributed by atoms with Crippen molar-refractivity contribution in [1.29, 1.82) is 0 Å². The highest BCUT2D eigenvalue weighted by molar-refractivity contribution is 5.85. The Morgan fingerprint density at radius 3 is 2.53 bits per heavy atom. The minimum Gasteiger partial charge on any atom is -0.324 e. The second-order valence-corrected chi connectivity index (χ2v) is 4.20. The van der Waals surface area contributed by atoms with Crippen LogP contribution in [0, 0.1) is 21.8 Å². The maximum atomic E-state index is 13.1. The van der Waals surface area contributed by atoms with E-state index in [-0.39, 0.29) is 18.4 Å². The molecule has 1 aromatic rings. The molecule has 1 rings (SSSR count). The molecule has 4 nitrogen and oxygen atoms in total. The zero-order valence-corrected chi connectivity index (χ0v) is 10.5. The second kappa shape index (κ2) is 6.51. The summed E-state index contributed by atoms with van der Waals surface area (Å²) in [4.78, 5) is 9.81. The molecule has 1 aromatic carbocycles. The average molecular weight is 263 g/mol. The van der Waals surface area contributed by atoms with Gasteiger partial charge >= 0.3 is 5.69 Å². The van der Waals surface area contributed by atoms with Crippen LogP contribution < -0.4 is 5.73 Å². The molecule has 0 fully saturated rings. The first-order chi connectivity index (χ1) is 7.41. The van der Waals surface area contributed by atoms with Crippen molar-refractivity contribution in [1.82, 2.24) is 0 Å². The lowest BCUT2D eigenvalue weighted by atomic mass is 9.97. The lowest BCUT2D eigenvalue weighted by Gasteiger charge is -2.14. The van der Waals surface area contributed by atoms with E-state index in [2.05, 4.69) is 0 Å². The number of nitro benzene ring substituents is 1. The molecule has 0 saturated heterocycles. The summed E-state index contributed by atoms with van der Waals surface area (Å²) in [5, 5.41) is 10.5. The first-order valence-corrected chi connectivity index (χ1v) is 5.11. The van der Waals surface area contributed by atoms with Gasteiger partial charge in [0.1, 0.15) is 0 Å². The van der Waals surface area contributed by atoms with Gasteiger partial charge in [-0.25, -0.2) is 0 Å². The molecule has 17 heavy (non-hydrogen) atoms. The standard InChI is InChI=1S/C11H15FN2O2.ClH/c1-7(2)5-10(13)8-3-4-9(12)11(6-8)14(15)16;/h3-4,6-7,10H,5,13H2,1-2H3;1H/t10-;/m0./s1. The topological polar surface area (TPSA) is 69.2 Å². The molecular weight excluding hydrogens is 247 g/mol. The number of nitrogens with two attached hydrogens (primary N) is 1. The van der Waals surface area contributed by atoms with Gasteiger partial charge in [-0.05, 0) is 24.0 Å². The third kappa shape index (κ3) is 4.28. The first-order valence-electron chi connectivity index (χ1n) is 5.11. The maximum absolute atomic E-state index is 13.1. The van der Waals surface area contributed by atoms with Crippen molar-refractivity contribution >= 4 is 18.1 Å². The number of benzene rings is 1. The Morgan fingerprint density at radius 1 is 1.47 bits per heavy atom. The molecule has 0 radical (unpaired) electrons. The van der Waals surface area contributed by atoms with E-state index < -0.39 is 16.4 Å². The van der Waals surface area contributed by atoms with Gasteiger partial charge in [0.25, 0.3) is 0 Å². The highest BCUT2D eigenvalue weighted by Gasteiger charge is 2.17. The van der Waals surface area contributed by atoms with E-state index in [9.17, 15) is 14.5 Å². The fourth-order valence-electron chi connectivity index (χ4n) is 1.54. The molecule has 0 unspecified atom stereocenters. The van der Waals surface area contributed by atoms with Crippen LogP contribution in [0.2, 0.25) is 0 Å². The van der Waals surface area contributed by atoms with Crippen molar-refractivity contribution in [2.45, 2.75) is 26.3 Å². The van der Waals surface area contributed by atoms with Gasteiger partial charge in [-0.2, -0.15) is 4.39 Å². The molecule has 0 saturated carbocycles. The summed E-state index contributed by atoms with van der Waals surface area (Å²) >= 11 is 0. The summed E-state index contributed by atoms with van der Waals surface area (Å²) in [6, 6.07) is 3.50. The summed E-state index contributed by atoms with van der Waals surface area (Å²) < 4.78 is 13.1. The van der Waals surface area contributed by atoms with E-state index in [1.165, 1.54) is 12.1 Å². The summed E-state index contributed by atoms with van der Waals surface area (Å²) in [5.74, 6) is -0.440. The Morgan fingerprint density at radius 2 is 2.06 bits per heavy atom. The van der Waals surface area contributed by atoms with Crippen molar-refractivity contribution in [3.8, 4) is 0 Å². The van der Waals surface area contributed by atoms with E-state index in [1.54, 1.807) is 0 Å². The molecule has 1 atom stereocenters. The monoisotopic (exact) mass is 262 g/mol. The Hall–Kier alpha value is -1.20. The summed E-state index contributed by atoms with van der Waals surface area (Å²) in [6.45, 7) is 4.02. The molecule has 0 aromatic heterocycles. The van der Waals surface area contributed by atoms with Crippen LogP contribution in [0.15, 0.2) is 18.2 Å². The van der Waals surface area contributed by atoms with Gasteiger partial charge in [0.15, 0.2) is 0 Å². The SMILES string of the molecule is CC(C)C[C@H](N)c1ccc(F)c([N+](=O)[O-])c1.Cl. The lowest BCUT2D eigenvalue weighted by molar-refractivity contribution is -0.387. The van der Waals surface area contributed by atoms with E-state index in [0.717, 1.165) is 6.07 Å². The molecule has 0 bridgehead atoms. The van der Waals surface area contributed by atoms with Crippen LogP contribution in [0.1, 0.15) is 31.9 Å². The van der Waals surface area contributed by atoms with Crippen molar-refractivity contribution in [3.63, 3.8) is 0 Å². The molecule has 6 heteroatoms. The van der Waals surface area contributed by atoms with Crippen molar-refractivity contribution < 1.29 is 9.31 Å². The van der Waals surface area contributed by atoms with Gasteiger partial charge in [0.05, 0.1) is 4.92 Å². The highest BCUT2D eigenvalue weighted by atomic mass is 35.5. The number of halogens is 2. The van der Waals surface area contributed by atoms with Crippen LogP contribution in [-0.4, -0.2) is 4.92 Å². The van der Waals surface area contributed by atoms with Gasteiger partial charge in [0, 0.05) is 12.1 Å². The van der Waals surface area contributed by atoms with Gasteiger partial charge in [-0.3, -0.25) is 10.1 Å². The molecule has 96 valence electrons. The molecule has 0 aliphatic heterocycles. The maximum Gasteiger partial charge on any atom is 0.305 e. The molecule has 0 aliphatic rings. The zero-order chi connectivity index (χ0) is 12.3. The van der Waals surface area contributed by atoms with Crippen molar-refractivity contribution in [2.75, 3.05) is 0 Å². The Balaban J connectivity index is 0.00000256. The molecule has 2 N–H and O–H groups in total. The van der Waals surface area contributed by atoms with E-state index in [4.69, 9.17) is 5.73 Å². The molecule has 0 heterocycles. The lowest BCUT2D eigenvalue weighted by Crippen LogP contribution is -2.13. The quantitative estimate of drug-likeness (QED) is 0.669. The van der Waals surface area contributed by atoms with Crippen molar-refractivity contribution in [2.24, 2.45) is 11.7 Å². The Bertz CT molecular complexity index is 399. The van der Waals surface area contributed by atoms with Crippen LogP contribution in [0.25, 0.3) is 0 Å². The normalized spacial score (nSPS) is 12.1. The molecular formula is C11H16ClFN2O2. The minimum atomic E-state index is -0.828. The molecule has 0 amide bonds. The fraction of sp³-hybridized carbons (Fsp3) is 0.455. The zero-order valence-electron chi connectivity index (χ0n) is 9.72. The third-order valence-corrected chi connectivity index (χ3v) is 2.32. The van der Waals surface area contributed by atoms with Crippen LogP contribution in [0.4, 0.5) is 10.1 Å². The number of rotatable bonds is 4. The minimum absolute atomic E-state index is 0. The van der Waals surface area contributed by atoms with Gasteiger partial charge in [0.2, 0.25) is 5.82 Å². The predicted octanol–water partition coefficient (Wildman–Crippen LogP) is 3.20. The third-order valence-electron chi connectivity index (χ3n) is 2.32. The number of nitro groups is 1. The number of hydrogen-bond acceptors (Lipinski definition) is 3. The number of nitrogens with zero attached hydrogens (tertiary/aromatic N) is 1. The van der Waals surface area contributed by atoms with Gasteiger partial charge < -0.3 is 5.73 Å². The number of hydrogen-bond donors (Lipinski definition) is 1. The van der Waals surface area contributed by atoms with Crippen LogP contribution in [-0.2, 0) is 0 Å². The highest BCUT2D eigenvalue weighted by Crippen LogP contribution is 2.24. The predicted molar refractivity (Wildman–Crippen MR) is 66.7 cm³/mol. The van der Waals surface area contributed by atoms with E-state index >= 15 is 0 Å². The smallest absolute Gasteiger partial charge is 0.305 e. The van der Waals surface area contributed by atoms with Crippen LogP contribution in [0.5, 0.6) is 0 Å². The summed E-state index contributed by atoms with van der Waals surface area (Å²) in [7, 11) is 0. The largest absolute Gasteiger partial charge is 0.324 e. The van der Waals surface area contributed by atoms with Gasteiger partial charge in [-0.15, -0.1) is 12.4 Å². The fourth-order valence-corrected chi connectivity index (χ4v) is 1.54. The molecule has 0 spiro atoms. The van der Waals surface area contributed by atoms with E-state index in [1.807, 2.05) is 13.8 Å². The summed E-state index contributed by atoms with van der Waals surface area (Å²) in [5.41, 5.74) is 5.95. The molecule has 0 aliphatic carbocycles.